The SMILES string of the molecule is Cc1c(O)cc2c3c1CCN(C)C3Cc1cc(Br)c(O)c(O)c1-2.Cc1c(O)cc2c3c1CCN(C)C3Cc1cc(Cl)c(O)c(O)c1-2.Cc1c(O)cc2c3c1CCN(C)C3Cc1cc(F)c(O)c(O)c1-2.Cc1ccc2c3c1CCN(C)C3Cc1cc(Br)c(O)c(O)c1-2.Cc1ccc2c3c1CCN(C)C3Cc1cc(Cl)c(O)c(O)c1-2.Cc1ccc2c3c1CCN(C)C3Cc1cc(F)c(O)c(O)c1-2. The van der Waals surface area contributed by atoms with Gasteiger partial charge in [0.1, 0.15) is 17.2 Å². The van der Waals surface area contributed by atoms with Crippen LogP contribution in [0.15, 0.2) is 99.9 Å². The molecule has 6 heterocycles. The van der Waals surface area contributed by atoms with Crippen LogP contribution in [0.4, 0.5) is 8.78 Å². The Morgan fingerprint density at radius 3 is 0.726 bits per heavy atom. The molecule has 135 heavy (non-hydrogen) atoms. The molecule has 6 aliphatic carbocycles. The van der Waals surface area contributed by atoms with Gasteiger partial charge in [0.05, 0.1) is 19.0 Å². The summed E-state index contributed by atoms with van der Waals surface area (Å²) in [5.74, 6) is -4.31. The lowest BCUT2D eigenvalue weighted by Gasteiger charge is -2.40. The topological polar surface area (TPSA) is 323 Å². The van der Waals surface area contributed by atoms with Crippen molar-refractivity contribution in [3.8, 4) is 153 Å². The third-order valence-electron chi connectivity index (χ3n) is 31.4. The number of fused-ring (bicyclic) bond motifs is 12. The number of phenols is 15. The van der Waals surface area contributed by atoms with Crippen LogP contribution in [0.25, 0.3) is 66.8 Å². The van der Waals surface area contributed by atoms with E-state index in [1.165, 1.54) is 73.3 Å². The second-order valence-corrected chi connectivity index (χ2v) is 41.1. The zero-order chi connectivity index (χ0) is 96.2. The summed E-state index contributed by atoms with van der Waals surface area (Å²) in [6, 6.07) is 28.8. The molecule has 0 aromatic heterocycles. The first-order valence-electron chi connectivity index (χ1n) is 45.7. The van der Waals surface area contributed by atoms with Crippen LogP contribution in [0.2, 0.25) is 10.0 Å². The second-order valence-electron chi connectivity index (χ2n) is 38.6. The maximum Gasteiger partial charge on any atom is 0.194 e. The Morgan fingerprint density at radius 1 is 0.259 bits per heavy atom. The van der Waals surface area contributed by atoms with E-state index in [2.05, 4.69) is 142 Å². The third-order valence-corrected chi connectivity index (χ3v) is 33.2. The molecule has 0 amide bonds. The Hall–Kier alpha value is -11.2. The summed E-state index contributed by atoms with van der Waals surface area (Å²) < 4.78 is 28.7. The van der Waals surface area contributed by atoms with Crippen LogP contribution in [0.3, 0.4) is 0 Å². The van der Waals surface area contributed by atoms with Crippen LogP contribution in [-0.2, 0) is 77.0 Å². The lowest BCUT2D eigenvalue weighted by molar-refractivity contribution is 0.227. The largest absolute Gasteiger partial charge is 0.508 e. The molecule has 12 aromatic rings. The van der Waals surface area contributed by atoms with E-state index in [0.29, 0.717) is 67.3 Å². The molecule has 0 bridgehead atoms. The number of aryl methyl sites for hydroxylation is 3. The second kappa shape index (κ2) is 34.8. The first-order chi connectivity index (χ1) is 64.1. The Kier molecular flexibility index (Phi) is 23.9. The highest BCUT2D eigenvalue weighted by molar-refractivity contribution is 9.11. The fourth-order valence-corrected chi connectivity index (χ4v) is 25.4. The van der Waals surface area contributed by atoms with E-state index in [4.69, 9.17) is 23.2 Å². The molecule has 702 valence electrons. The van der Waals surface area contributed by atoms with Gasteiger partial charge < -0.3 is 76.6 Å². The smallest absolute Gasteiger partial charge is 0.194 e. The van der Waals surface area contributed by atoms with Crippen LogP contribution in [0, 0.1) is 53.2 Å². The van der Waals surface area contributed by atoms with E-state index < -0.39 is 28.9 Å². The molecule has 12 aliphatic rings. The van der Waals surface area contributed by atoms with Crippen molar-refractivity contribution in [3.63, 3.8) is 0 Å². The summed E-state index contributed by atoms with van der Waals surface area (Å²) in [6.07, 6.45) is 10.0. The van der Waals surface area contributed by atoms with Crippen molar-refractivity contribution >= 4 is 55.1 Å². The van der Waals surface area contributed by atoms with E-state index in [0.717, 1.165) is 209 Å². The van der Waals surface area contributed by atoms with Crippen LogP contribution >= 0.6 is 55.1 Å². The Balaban J connectivity index is 0.000000104. The van der Waals surface area contributed by atoms with Gasteiger partial charge in [0, 0.05) is 109 Å². The van der Waals surface area contributed by atoms with Crippen LogP contribution in [0.1, 0.15) is 170 Å². The van der Waals surface area contributed by atoms with Crippen LogP contribution in [-0.4, -0.2) is 188 Å². The molecule has 24 rings (SSSR count). The molecule has 6 atom stereocenters. The summed E-state index contributed by atoms with van der Waals surface area (Å²) in [6.45, 7) is 18.0. The van der Waals surface area contributed by atoms with Gasteiger partial charge in [0.25, 0.3) is 0 Å². The number of halogens is 6. The molecule has 0 radical (unpaired) electrons. The average Bonchev–Trinajstić information content (AvgIpc) is 0.726. The molecule has 27 heteroatoms. The van der Waals surface area contributed by atoms with Gasteiger partial charge in [-0.25, -0.2) is 8.78 Å². The minimum Gasteiger partial charge on any atom is -0.508 e. The van der Waals surface area contributed by atoms with Crippen molar-refractivity contribution in [1.82, 2.24) is 29.4 Å². The monoisotopic (exact) mass is 1990 g/mol. The van der Waals surface area contributed by atoms with E-state index >= 15 is 0 Å². The average molecular weight is 2000 g/mol. The molecule has 0 fully saturated rings. The molecule has 15 N–H and O–H groups in total. The molecule has 0 saturated carbocycles. The van der Waals surface area contributed by atoms with Gasteiger partial charge in [-0.05, 0) is 414 Å². The quantitative estimate of drug-likeness (QED) is 0.0627. The van der Waals surface area contributed by atoms with Crippen molar-refractivity contribution in [1.29, 1.82) is 0 Å². The highest BCUT2D eigenvalue weighted by atomic mass is 79.9. The normalized spacial score (nSPS) is 19.5. The van der Waals surface area contributed by atoms with Gasteiger partial charge >= 0.3 is 0 Å². The molecular weight excluding hydrogens is 1890 g/mol. The molecule has 0 saturated heterocycles. The van der Waals surface area contributed by atoms with Gasteiger partial charge in [-0.3, -0.25) is 29.4 Å². The summed E-state index contributed by atoms with van der Waals surface area (Å²) in [5.41, 5.74) is 35.9. The summed E-state index contributed by atoms with van der Waals surface area (Å²) in [5, 5.41) is 153. The highest BCUT2D eigenvalue weighted by Crippen LogP contribution is 2.61. The number of hydrogen-bond donors (Lipinski definition) is 15. The van der Waals surface area contributed by atoms with Crippen LogP contribution < -0.4 is 0 Å². The minimum atomic E-state index is -0.820. The highest BCUT2D eigenvalue weighted by Gasteiger charge is 2.45. The maximum absolute atomic E-state index is 13.8. The molecule has 6 unspecified atom stereocenters. The van der Waals surface area contributed by atoms with Crippen molar-refractivity contribution in [2.24, 2.45) is 0 Å². The van der Waals surface area contributed by atoms with Gasteiger partial charge in [0.15, 0.2) is 80.6 Å². The van der Waals surface area contributed by atoms with E-state index in [1.807, 2.05) is 52.1 Å². The fourth-order valence-electron chi connectivity index (χ4n) is 24.0. The number of hydrogen-bond acceptors (Lipinski definition) is 21. The minimum absolute atomic E-state index is 0.0119. The predicted octanol–water partition coefficient (Wildman–Crippen LogP) is 21.2. The summed E-state index contributed by atoms with van der Waals surface area (Å²) >= 11 is 18.7. The Labute approximate surface area is 808 Å². The van der Waals surface area contributed by atoms with Crippen LogP contribution in [0.5, 0.6) is 86.2 Å². The van der Waals surface area contributed by atoms with Crippen molar-refractivity contribution in [2.45, 2.75) is 155 Å². The molecule has 0 spiro atoms. The van der Waals surface area contributed by atoms with Crippen molar-refractivity contribution < 1.29 is 85.4 Å². The first kappa shape index (κ1) is 92.8. The van der Waals surface area contributed by atoms with Gasteiger partial charge in [-0.1, -0.05) is 59.6 Å². The van der Waals surface area contributed by atoms with E-state index in [-0.39, 0.29) is 103 Å². The maximum atomic E-state index is 13.8. The van der Waals surface area contributed by atoms with E-state index in [9.17, 15) is 85.4 Å². The number of phenolic OH excluding ortho intramolecular Hbond substituents is 15. The number of rotatable bonds is 0. The Morgan fingerprint density at radius 2 is 0.467 bits per heavy atom. The molecule has 21 nitrogen and oxygen atoms in total. The summed E-state index contributed by atoms with van der Waals surface area (Å²) in [4.78, 5) is 13.9. The summed E-state index contributed by atoms with van der Waals surface area (Å²) in [7, 11) is 12.6. The van der Waals surface area contributed by atoms with Gasteiger partial charge in [-0.15, -0.1) is 0 Å². The van der Waals surface area contributed by atoms with Gasteiger partial charge in [0.2, 0.25) is 0 Å². The first-order valence-corrected chi connectivity index (χ1v) is 48.1. The van der Waals surface area contributed by atoms with Gasteiger partial charge in [-0.2, -0.15) is 0 Å². The number of nitrogens with zero attached hydrogens (tertiary/aromatic N) is 6. The lowest BCUT2D eigenvalue weighted by atomic mass is 9.75. The lowest BCUT2D eigenvalue weighted by Crippen LogP contribution is -2.36. The number of benzene rings is 12. The number of aromatic hydroxyl groups is 15. The molecule has 6 aliphatic heterocycles. The zero-order valence-electron chi connectivity index (χ0n) is 77.0. The van der Waals surface area contributed by atoms with Crippen molar-refractivity contribution in [3.05, 3.63) is 255 Å². The van der Waals surface area contributed by atoms with E-state index in [1.54, 1.807) is 30.3 Å². The standard InChI is InChI=1S/C18H18BrNO3.C18H18BrNO2.C18H18ClNO3.C18H18ClNO2.C18H18FNO3.C18H18FNO2/c1-8-10-3-4-20(2)13-6-9-5-12(19)17(22)18(23)15(9)11(16(10)13)7-14(8)21;1-9-3-4-12-15-10(7-13(19)17(21)18(15)22)8-14-16(12)11(9)5-6-20(14)2;1-8-10-3-4-20(2)13-6-9-5-12(19)17(22)18(23)15(9)11(16(10)13)7-14(8)21;1-9-3-4-12-15-10(7-13(19)17(21)18(15)22)8-14-16(12)11(9)5-6-20(14)2;1-8-10-3-4-20(2)13-6-9-5-12(19)17(22)18(23)15(9)11(16(10)13)7-14(8)21;1-9-3-4-12-15-10(7-13(19)17(21)18(15)22)8-14-16(12)11(9)5-6-20(14)2/h5,7,13,21-23H,3-4,6H2,1-2H3;3-4,7,14,21-22H,5-6,8H2,1-2H3;5,7,13,21-23H,3-4,6H2,1-2H3;3-4,7,14,21-22H,5-6,8H2,1-2H3;5,7,13,21-23H,3-4,6H2,1-2H3;3-4,7,14,21-22H,5-6,8H2,1-2H3. The Bertz CT molecular complexity index is 6440. The fraction of sp³-hybridized carbons (Fsp3) is 0.333. The third kappa shape index (κ3) is 15.0. The van der Waals surface area contributed by atoms with Crippen molar-refractivity contribution in [2.75, 3.05) is 81.6 Å². The molecule has 12 aromatic carbocycles. The molecular formula is C108H108Br2Cl2F2N6O15. The number of likely N-dealkylation sites (N-methyl/N-ethyl adjacent to an activating group) is 6. The zero-order valence-corrected chi connectivity index (χ0v) is 81.7. The predicted molar refractivity (Wildman–Crippen MR) is 527 cm³/mol.